The van der Waals surface area contributed by atoms with E-state index in [4.69, 9.17) is 4.74 Å². The van der Waals surface area contributed by atoms with E-state index in [9.17, 15) is 4.79 Å². The number of rotatable bonds is 1. The van der Waals surface area contributed by atoms with Crippen molar-refractivity contribution in [3.8, 4) is 0 Å². The fraction of sp³-hybridized carbons (Fsp3) is 0.353. The van der Waals surface area contributed by atoms with Crippen LogP contribution in [0.15, 0.2) is 30.5 Å². The number of aromatic nitrogens is 1. The number of H-pyrrole nitrogens is 1. The van der Waals surface area contributed by atoms with E-state index >= 15 is 0 Å². The van der Waals surface area contributed by atoms with Gasteiger partial charge in [-0.25, -0.2) is 0 Å². The van der Waals surface area contributed by atoms with Crippen LogP contribution in [-0.2, 0) is 16.0 Å². The number of ether oxygens (including phenoxy) is 1. The van der Waals surface area contributed by atoms with E-state index in [0.29, 0.717) is 6.04 Å². The lowest BCUT2D eigenvalue weighted by Gasteiger charge is -2.39. The molecular weight excluding hydrogens is 264 g/mol. The first-order valence-corrected chi connectivity index (χ1v) is 7.28. The summed E-state index contributed by atoms with van der Waals surface area (Å²) in [6.07, 6.45) is 5.22. The predicted molar refractivity (Wildman–Crippen MR) is 81.9 cm³/mol. The Balaban J connectivity index is 1.91. The van der Waals surface area contributed by atoms with Crippen LogP contribution in [-0.4, -0.2) is 42.6 Å². The van der Waals surface area contributed by atoms with Crippen LogP contribution in [0.2, 0.25) is 0 Å². The molecule has 0 fully saturated rings. The first kappa shape index (κ1) is 12.7. The monoisotopic (exact) mass is 282 g/mol. The minimum atomic E-state index is -0.179. The number of benzene rings is 1. The third-order valence-electron chi connectivity index (χ3n) is 4.77. The molecule has 4 rings (SSSR count). The number of fused-ring (bicyclic) bond motifs is 2. The zero-order valence-corrected chi connectivity index (χ0v) is 12.2. The largest absolute Gasteiger partial charge is 0.469 e. The van der Waals surface area contributed by atoms with Gasteiger partial charge in [-0.3, -0.25) is 9.69 Å². The third-order valence-corrected chi connectivity index (χ3v) is 4.77. The maximum atomic E-state index is 11.9. The van der Waals surface area contributed by atoms with Crippen molar-refractivity contribution in [2.75, 3.05) is 20.7 Å². The van der Waals surface area contributed by atoms with Crippen LogP contribution in [0.5, 0.6) is 0 Å². The van der Waals surface area contributed by atoms with E-state index in [1.54, 1.807) is 0 Å². The highest BCUT2D eigenvalue weighted by atomic mass is 16.5. The minimum absolute atomic E-state index is 0.153. The van der Waals surface area contributed by atoms with Crippen molar-refractivity contribution in [1.29, 1.82) is 0 Å². The number of carbonyl (C=O) groups is 1. The number of likely N-dealkylation sites (N-methyl/N-ethyl adjacent to an activating group) is 1. The summed E-state index contributed by atoms with van der Waals surface area (Å²) in [7, 11) is 3.55. The summed E-state index contributed by atoms with van der Waals surface area (Å²) in [5, 5.41) is 1.30. The maximum Gasteiger partial charge on any atom is 0.313 e. The Labute approximate surface area is 123 Å². The van der Waals surface area contributed by atoms with Crippen LogP contribution in [0.3, 0.4) is 0 Å². The van der Waals surface area contributed by atoms with E-state index in [1.165, 1.54) is 34.7 Å². The molecule has 0 saturated heterocycles. The van der Waals surface area contributed by atoms with Gasteiger partial charge in [0.1, 0.15) is 0 Å². The topological polar surface area (TPSA) is 45.3 Å². The van der Waals surface area contributed by atoms with Crippen LogP contribution >= 0.6 is 0 Å². The van der Waals surface area contributed by atoms with E-state index in [2.05, 4.69) is 47.4 Å². The molecule has 2 atom stereocenters. The van der Waals surface area contributed by atoms with Gasteiger partial charge in [0.15, 0.2) is 0 Å². The van der Waals surface area contributed by atoms with Crippen molar-refractivity contribution in [3.63, 3.8) is 0 Å². The lowest BCUT2D eigenvalue weighted by atomic mass is 9.80. The van der Waals surface area contributed by atoms with Gasteiger partial charge in [0.2, 0.25) is 0 Å². The molecule has 2 heterocycles. The molecule has 0 bridgehead atoms. The number of hydrogen-bond donors (Lipinski definition) is 1. The molecule has 4 heteroatoms. The van der Waals surface area contributed by atoms with Crippen LogP contribution in [0.4, 0.5) is 0 Å². The molecule has 0 amide bonds. The van der Waals surface area contributed by atoms with Crippen molar-refractivity contribution in [2.24, 2.45) is 5.92 Å². The zero-order chi connectivity index (χ0) is 14.6. The molecule has 2 aliphatic rings. The quantitative estimate of drug-likeness (QED) is 0.816. The van der Waals surface area contributed by atoms with Gasteiger partial charge in [-0.05, 0) is 36.2 Å². The minimum Gasteiger partial charge on any atom is -0.469 e. The van der Waals surface area contributed by atoms with Crippen LogP contribution in [0, 0.1) is 5.92 Å². The molecular formula is C17H18N2O2. The SMILES string of the molecule is COC(=O)C1C=C2c3cccc4[nH]cc(c34)C[C@H]2N(C)C1. The number of esters is 1. The molecule has 1 aliphatic heterocycles. The van der Waals surface area contributed by atoms with E-state index in [-0.39, 0.29) is 11.9 Å². The first-order chi connectivity index (χ1) is 10.2. The summed E-state index contributed by atoms with van der Waals surface area (Å²) < 4.78 is 4.93. The highest BCUT2D eigenvalue weighted by molar-refractivity contribution is 5.99. The Morgan fingerprint density at radius 1 is 1.43 bits per heavy atom. The molecule has 2 aromatic rings. The van der Waals surface area contributed by atoms with Crippen molar-refractivity contribution < 1.29 is 9.53 Å². The Morgan fingerprint density at radius 2 is 2.29 bits per heavy atom. The number of carbonyl (C=O) groups excluding carboxylic acids is 1. The van der Waals surface area contributed by atoms with E-state index < -0.39 is 0 Å². The molecule has 0 saturated carbocycles. The maximum absolute atomic E-state index is 11.9. The Bertz CT molecular complexity index is 759. The van der Waals surface area contributed by atoms with Gasteiger partial charge < -0.3 is 9.72 Å². The number of aromatic amines is 1. The van der Waals surface area contributed by atoms with Crippen molar-refractivity contribution >= 4 is 22.4 Å². The average molecular weight is 282 g/mol. The van der Waals surface area contributed by atoms with Crippen molar-refractivity contribution in [3.05, 3.63) is 41.6 Å². The second-order valence-electron chi connectivity index (χ2n) is 5.95. The molecule has 1 N–H and O–H groups in total. The van der Waals surface area contributed by atoms with Gasteiger partial charge in [0.25, 0.3) is 0 Å². The molecule has 108 valence electrons. The van der Waals surface area contributed by atoms with Gasteiger partial charge in [0.05, 0.1) is 13.0 Å². The van der Waals surface area contributed by atoms with E-state index in [1.807, 2.05) is 0 Å². The second kappa shape index (κ2) is 4.46. The smallest absolute Gasteiger partial charge is 0.313 e. The van der Waals surface area contributed by atoms with E-state index in [0.717, 1.165) is 13.0 Å². The molecule has 21 heavy (non-hydrogen) atoms. The van der Waals surface area contributed by atoms with Crippen LogP contribution in [0.1, 0.15) is 11.1 Å². The number of nitrogens with zero attached hydrogens (tertiary/aromatic N) is 1. The molecule has 1 aromatic carbocycles. The van der Waals surface area contributed by atoms with Gasteiger partial charge in [0, 0.05) is 29.7 Å². The molecule has 4 nitrogen and oxygen atoms in total. The molecule has 1 aromatic heterocycles. The normalized spacial score (nSPS) is 24.6. The summed E-state index contributed by atoms with van der Waals surface area (Å²) in [4.78, 5) is 17.5. The fourth-order valence-corrected chi connectivity index (χ4v) is 3.75. The molecule has 0 radical (unpaired) electrons. The highest BCUT2D eigenvalue weighted by Gasteiger charge is 2.35. The van der Waals surface area contributed by atoms with Crippen LogP contribution < -0.4 is 0 Å². The zero-order valence-electron chi connectivity index (χ0n) is 12.2. The Hall–Kier alpha value is -2.07. The highest BCUT2D eigenvalue weighted by Crippen LogP contribution is 2.40. The fourth-order valence-electron chi connectivity index (χ4n) is 3.75. The summed E-state index contributed by atoms with van der Waals surface area (Å²) in [5.41, 5.74) is 5.05. The second-order valence-corrected chi connectivity index (χ2v) is 5.95. The molecule has 0 spiro atoms. The lowest BCUT2D eigenvalue weighted by molar-refractivity contribution is -0.144. The number of nitrogens with one attached hydrogen (secondary N) is 1. The Kier molecular flexibility index (Phi) is 2.69. The van der Waals surface area contributed by atoms with Gasteiger partial charge in [-0.1, -0.05) is 18.2 Å². The predicted octanol–water partition coefficient (Wildman–Crippen LogP) is 2.21. The van der Waals surface area contributed by atoms with Crippen molar-refractivity contribution in [2.45, 2.75) is 12.5 Å². The van der Waals surface area contributed by atoms with Gasteiger partial charge in [-0.15, -0.1) is 0 Å². The summed E-state index contributed by atoms with van der Waals surface area (Å²) in [6, 6.07) is 6.68. The summed E-state index contributed by atoms with van der Waals surface area (Å²) in [6.45, 7) is 0.719. The standard InChI is InChI=1S/C17H18N2O2/c1-19-9-11(17(20)21-2)6-13-12-4-3-5-14-16(12)10(8-18-14)7-15(13)19/h3-6,8,11,15,18H,7,9H2,1-2H3/t11?,15-/m1/s1. The van der Waals surface area contributed by atoms with Crippen LogP contribution in [0.25, 0.3) is 16.5 Å². The number of hydrogen-bond acceptors (Lipinski definition) is 3. The lowest BCUT2D eigenvalue weighted by Crippen LogP contribution is -2.44. The van der Waals surface area contributed by atoms with Gasteiger partial charge in [-0.2, -0.15) is 0 Å². The Morgan fingerprint density at radius 3 is 3.10 bits per heavy atom. The summed E-state index contributed by atoms with van der Waals surface area (Å²) >= 11 is 0. The van der Waals surface area contributed by atoms with Crippen molar-refractivity contribution in [1.82, 2.24) is 9.88 Å². The molecule has 1 aliphatic carbocycles. The molecule has 1 unspecified atom stereocenters. The third kappa shape index (κ3) is 1.75. The number of methoxy groups -OCH3 is 1. The first-order valence-electron chi connectivity index (χ1n) is 7.28. The average Bonchev–Trinajstić information content (AvgIpc) is 2.92. The van der Waals surface area contributed by atoms with Gasteiger partial charge >= 0.3 is 5.97 Å². The summed E-state index contributed by atoms with van der Waals surface area (Å²) in [5.74, 6) is -0.332.